The lowest BCUT2D eigenvalue weighted by Gasteiger charge is -2.21. The summed E-state index contributed by atoms with van der Waals surface area (Å²) in [5, 5.41) is 12.5. The highest BCUT2D eigenvalue weighted by molar-refractivity contribution is 5.67. The second-order valence-corrected chi connectivity index (χ2v) is 6.03. The van der Waals surface area contributed by atoms with Crippen LogP contribution in [-0.2, 0) is 11.2 Å². The van der Waals surface area contributed by atoms with Crippen LogP contribution in [0.2, 0.25) is 0 Å². The molecule has 0 radical (unpaired) electrons. The molecular weight excluding hydrogens is 262 g/mol. The molecule has 0 spiro atoms. The molecule has 3 heteroatoms. The predicted molar refractivity (Wildman–Crippen MR) is 87.8 cm³/mol. The fourth-order valence-corrected chi connectivity index (χ4v) is 2.42. The van der Waals surface area contributed by atoms with Gasteiger partial charge in [-0.1, -0.05) is 45.0 Å². The second-order valence-electron chi connectivity index (χ2n) is 6.03. The monoisotopic (exact) mass is 291 g/mol. The predicted octanol–water partition coefficient (Wildman–Crippen LogP) is 3.97. The van der Waals surface area contributed by atoms with Crippen LogP contribution in [0.4, 0.5) is 0 Å². The van der Waals surface area contributed by atoms with Gasteiger partial charge in [-0.3, -0.25) is 4.79 Å². The van der Waals surface area contributed by atoms with Crippen molar-refractivity contribution in [2.24, 2.45) is 0 Å². The molecule has 0 saturated carbocycles. The van der Waals surface area contributed by atoms with Crippen molar-refractivity contribution in [1.82, 2.24) is 5.32 Å². The molecule has 0 bridgehead atoms. The summed E-state index contributed by atoms with van der Waals surface area (Å²) in [7, 11) is 0. The molecule has 2 N–H and O–H groups in total. The minimum atomic E-state index is -0.743. The Morgan fingerprint density at radius 1 is 1.14 bits per heavy atom. The topological polar surface area (TPSA) is 49.3 Å². The van der Waals surface area contributed by atoms with Crippen LogP contribution in [0.5, 0.6) is 0 Å². The normalized spacial score (nSPS) is 15.4. The first-order valence-electron chi connectivity index (χ1n) is 8.02. The van der Waals surface area contributed by atoms with Gasteiger partial charge < -0.3 is 10.4 Å². The van der Waals surface area contributed by atoms with E-state index in [0.29, 0.717) is 12.0 Å². The number of aliphatic carboxylic acids is 1. The van der Waals surface area contributed by atoms with Crippen molar-refractivity contribution in [3.05, 3.63) is 35.4 Å². The summed E-state index contributed by atoms with van der Waals surface area (Å²) in [6.45, 7) is 8.63. The molecular formula is C18H29NO2. The molecule has 1 rings (SSSR count). The molecule has 1 aromatic carbocycles. The number of nitrogens with one attached hydrogen (secondary N) is 1. The van der Waals surface area contributed by atoms with E-state index in [9.17, 15) is 4.79 Å². The van der Waals surface area contributed by atoms with E-state index >= 15 is 0 Å². The Kier molecular flexibility index (Phi) is 7.44. The fourth-order valence-electron chi connectivity index (χ4n) is 2.42. The zero-order chi connectivity index (χ0) is 15.8. The quantitative estimate of drug-likeness (QED) is 0.723. The maximum atomic E-state index is 11.0. The molecule has 0 aromatic heterocycles. The Labute approximate surface area is 128 Å². The van der Waals surface area contributed by atoms with Gasteiger partial charge >= 0.3 is 5.97 Å². The van der Waals surface area contributed by atoms with Crippen LogP contribution < -0.4 is 5.32 Å². The lowest BCUT2D eigenvalue weighted by molar-refractivity contribution is -0.137. The van der Waals surface area contributed by atoms with Crippen LogP contribution >= 0.6 is 0 Å². The Balaban J connectivity index is 2.71. The molecule has 0 fully saturated rings. The smallest absolute Gasteiger partial charge is 0.304 e. The first-order chi connectivity index (χ1) is 9.96. The third kappa shape index (κ3) is 6.30. The fraction of sp³-hybridized carbons (Fsp3) is 0.611. The van der Waals surface area contributed by atoms with Crippen molar-refractivity contribution in [2.45, 2.75) is 71.4 Å². The van der Waals surface area contributed by atoms with Crippen molar-refractivity contribution in [3.63, 3.8) is 0 Å². The van der Waals surface area contributed by atoms with E-state index in [1.54, 1.807) is 0 Å². The summed E-state index contributed by atoms with van der Waals surface area (Å²) in [5.41, 5.74) is 2.55. The van der Waals surface area contributed by atoms with Crippen molar-refractivity contribution < 1.29 is 9.90 Å². The van der Waals surface area contributed by atoms with Gasteiger partial charge in [0.1, 0.15) is 0 Å². The van der Waals surface area contributed by atoms with Crippen molar-refractivity contribution in [3.8, 4) is 0 Å². The number of carboxylic acid groups (broad SMARTS) is 1. The summed E-state index contributed by atoms with van der Waals surface area (Å²) >= 11 is 0. The van der Waals surface area contributed by atoms with E-state index in [2.05, 4.69) is 57.3 Å². The van der Waals surface area contributed by atoms with Crippen LogP contribution in [0.1, 0.15) is 64.0 Å². The molecule has 3 unspecified atom stereocenters. The van der Waals surface area contributed by atoms with Crippen LogP contribution in [-0.4, -0.2) is 23.2 Å². The molecule has 3 nitrogen and oxygen atoms in total. The molecule has 0 amide bonds. The van der Waals surface area contributed by atoms with E-state index in [1.165, 1.54) is 11.1 Å². The van der Waals surface area contributed by atoms with Gasteiger partial charge in [0.2, 0.25) is 0 Å². The van der Waals surface area contributed by atoms with Gasteiger partial charge in [0, 0.05) is 12.1 Å². The maximum Gasteiger partial charge on any atom is 0.304 e. The number of carboxylic acids is 1. The van der Waals surface area contributed by atoms with E-state index in [-0.39, 0.29) is 12.5 Å². The number of benzene rings is 1. The Bertz CT molecular complexity index is 427. The zero-order valence-electron chi connectivity index (χ0n) is 13.7. The summed E-state index contributed by atoms with van der Waals surface area (Å²) in [6.07, 6.45) is 3.06. The molecule has 3 atom stereocenters. The van der Waals surface area contributed by atoms with Gasteiger partial charge in [-0.05, 0) is 43.2 Å². The highest BCUT2D eigenvalue weighted by Gasteiger charge is 2.16. The van der Waals surface area contributed by atoms with E-state index in [0.717, 1.165) is 19.3 Å². The van der Waals surface area contributed by atoms with Gasteiger partial charge in [-0.15, -0.1) is 0 Å². The summed E-state index contributed by atoms with van der Waals surface area (Å²) in [4.78, 5) is 11.0. The van der Waals surface area contributed by atoms with Crippen molar-refractivity contribution in [2.75, 3.05) is 0 Å². The summed E-state index contributed by atoms with van der Waals surface area (Å²) in [6, 6.07) is 8.94. The van der Waals surface area contributed by atoms with Crippen LogP contribution in [0, 0.1) is 0 Å². The first kappa shape index (κ1) is 17.7. The largest absolute Gasteiger partial charge is 0.481 e. The van der Waals surface area contributed by atoms with Crippen molar-refractivity contribution >= 4 is 5.97 Å². The molecule has 0 saturated heterocycles. The molecule has 1 aromatic rings. The van der Waals surface area contributed by atoms with Crippen LogP contribution in [0.25, 0.3) is 0 Å². The molecule has 0 aliphatic heterocycles. The standard InChI is InChI=1S/C18H29NO2/c1-5-13(3)16-9-7-15(8-10-16)11-17(12-18(20)21)19-14(4)6-2/h7-10,13-14,17,19H,5-6,11-12H2,1-4H3,(H,20,21). The third-order valence-electron chi connectivity index (χ3n) is 4.20. The van der Waals surface area contributed by atoms with Gasteiger partial charge in [-0.25, -0.2) is 0 Å². The molecule has 0 heterocycles. The highest BCUT2D eigenvalue weighted by Crippen LogP contribution is 2.19. The van der Waals surface area contributed by atoms with E-state index < -0.39 is 5.97 Å². The zero-order valence-corrected chi connectivity index (χ0v) is 13.7. The summed E-state index contributed by atoms with van der Waals surface area (Å²) < 4.78 is 0. The average molecular weight is 291 g/mol. The minimum absolute atomic E-state index is 0.00750. The molecule has 0 aliphatic rings. The molecule has 21 heavy (non-hydrogen) atoms. The van der Waals surface area contributed by atoms with E-state index in [4.69, 9.17) is 5.11 Å². The van der Waals surface area contributed by atoms with Gasteiger partial charge in [0.15, 0.2) is 0 Å². The van der Waals surface area contributed by atoms with Gasteiger partial charge in [-0.2, -0.15) is 0 Å². The number of hydrogen-bond acceptors (Lipinski definition) is 2. The SMILES string of the molecule is CCC(C)NC(CC(=O)O)Cc1ccc(C(C)CC)cc1. The maximum absolute atomic E-state index is 11.0. The lowest BCUT2D eigenvalue weighted by Crippen LogP contribution is -2.39. The molecule has 118 valence electrons. The first-order valence-corrected chi connectivity index (χ1v) is 8.02. The minimum Gasteiger partial charge on any atom is -0.481 e. The second kappa shape index (κ2) is 8.83. The van der Waals surface area contributed by atoms with Gasteiger partial charge in [0.25, 0.3) is 0 Å². The van der Waals surface area contributed by atoms with Crippen LogP contribution in [0.3, 0.4) is 0 Å². The van der Waals surface area contributed by atoms with Gasteiger partial charge in [0.05, 0.1) is 6.42 Å². The number of rotatable bonds is 9. The Morgan fingerprint density at radius 2 is 1.76 bits per heavy atom. The third-order valence-corrected chi connectivity index (χ3v) is 4.20. The Hall–Kier alpha value is -1.35. The Morgan fingerprint density at radius 3 is 2.24 bits per heavy atom. The number of hydrogen-bond donors (Lipinski definition) is 2. The lowest BCUT2D eigenvalue weighted by atomic mass is 9.95. The van der Waals surface area contributed by atoms with E-state index in [1.807, 2.05) is 0 Å². The average Bonchev–Trinajstić information content (AvgIpc) is 2.46. The van der Waals surface area contributed by atoms with Crippen molar-refractivity contribution in [1.29, 1.82) is 0 Å². The summed E-state index contributed by atoms with van der Waals surface area (Å²) in [5.74, 6) is -0.167. The number of carbonyl (C=O) groups is 1. The van der Waals surface area contributed by atoms with Crippen LogP contribution in [0.15, 0.2) is 24.3 Å². The molecule has 0 aliphatic carbocycles. The highest BCUT2D eigenvalue weighted by atomic mass is 16.4.